The van der Waals surface area contributed by atoms with Crippen LogP contribution in [0.25, 0.3) is 0 Å². The van der Waals surface area contributed by atoms with Crippen molar-refractivity contribution in [3.05, 3.63) is 29.8 Å². The van der Waals surface area contributed by atoms with Gasteiger partial charge in [0.2, 0.25) is 5.16 Å². The minimum atomic E-state index is -0.872. The second kappa shape index (κ2) is 8.04. The largest absolute Gasteiger partial charge is 0.478 e. The third-order valence-electron chi connectivity index (χ3n) is 2.73. The third-order valence-corrected chi connectivity index (χ3v) is 4.98. The average Bonchev–Trinajstić information content (AvgIpc) is 2.88. The molecule has 112 valence electrons. The van der Waals surface area contributed by atoms with E-state index in [9.17, 15) is 4.79 Å². The Hall–Kier alpha value is -1.54. The summed E-state index contributed by atoms with van der Waals surface area (Å²) in [6.45, 7) is 0. The molecule has 6 nitrogen and oxygen atoms in total. The summed E-state index contributed by atoms with van der Waals surface area (Å²) in [7, 11) is 1.82. The minimum Gasteiger partial charge on any atom is -0.478 e. The molecule has 0 saturated carbocycles. The molecule has 0 bridgehead atoms. The Bertz CT molecular complexity index is 603. The van der Waals surface area contributed by atoms with E-state index in [1.807, 2.05) is 19.2 Å². The van der Waals surface area contributed by atoms with E-state index in [4.69, 9.17) is 5.11 Å². The quantitative estimate of drug-likeness (QED) is 0.590. The van der Waals surface area contributed by atoms with Gasteiger partial charge in [0.15, 0.2) is 0 Å². The van der Waals surface area contributed by atoms with Gasteiger partial charge in [-0.3, -0.25) is 0 Å². The van der Waals surface area contributed by atoms with E-state index in [-0.39, 0.29) is 0 Å². The molecule has 0 aliphatic carbocycles. The minimum absolute atomic E-state index is 0.377. The smallest absolute Gasteiger partial charge is 0.336 e. The van der Waals surface area contributed by atoms with Crippen molar-refractivity contribution in [1.29, 1.82) is 0 Å². The molecule has 0 aliphatic heterocycles. The van der Waals surface area contributed by atoms with Crippen molar-refractivity contribution in [1.82, 2.24) is 20.2 Å². The van der Waals surface area contributed by atoms with Gasteiger partial charge in [0.1, 0.15) is 0 Å². The summed E-state index contributed by atoms with van der Waals surface area (Å²) in [5.74, 6) is 0.987. The molecule has 0 amide bonds. The Balaban J connectivity index is 1.68. The molecule has 0 radical (unpaired) electrons. The van der Waals surface area contributed by atoms with Gasteiger partial charge in [-0.1, -0.05) is 23.9 Å². The fraction of sp³-hybridized carbons (Fsp3) is 0.385. The van der Waals surface area contributed by atoms with Crippen LogP contribution in [0, 0.1) is 0 Å². The van der Waals surface area contributed by atoms with Crippen LogP contribution in [0.2, 0.25) is 0 Å². The first-order valence-corrected chi connectivity index (χ1v) is 8.46. The van der Waals surface area contributed by atoms with Gasteiger partial charge in [-0.05, 0) is 41.2 Å². The van der Waals surface area contributed by atoms with Crippen LogP contribution >= 0.6 is 23.5 Å². The number of thioether (sulfide) groups is 2. The van der Waals surface area contributed by atoms with Gasteiger partial charge < -0.3 is 5.11 Å². The monoisotopic (exact) mass is 324 g/mol. The third kappa shape index (κ3) is 4.75. The summed E-state index contributed by atoms with van der Waals surface area (Å²) in [5.41, 5.74) is 0.377. The number of rotatable bonds is 8. The molecule has 0 fully saturated rings. The van der Waals surface area contributed by atoms with E-state index in [1.54, 1.807) is 40.3 Å². The highest BCUT2D eigenvalue weighted by Gasteiger charge is 2.09. The van der Waals surface area contributed by atoms with Crippen LogP contribution in [0.3, 0.4) is 0 Å². The number of carboxylic acid groups (broad SMARTS) is 1. The fourth-order valence-electron chi connectivity index (χ4n) is 1.66. The summed E-state index contributed by atoms with van der Waals surface area (Å²) in [6, 6.07) is 7.11. The number of benzene rings is 1. The van der Waals surface area contributed by atoms with E-state index in [2.05, 4.69) is 15.5 Å². The number of hydrogen-bond donors (Lipinski definition) is 1. The number of unbranched alkanes of at least 4 members (excludes halogenated alkanes) is 1. The van der Waals surface area contributed by atoms with Crippen molar-refractivity contribution >= 4 is 29.5 Å². The molecule has 0 saturated heterocycles. The van der Waals surface area contributed by atoms with Gasteiger partial charge in [-0.2, -0.15) is 0 Å². The van der Waals surface area contributed by atoms with Crippen molar-refractivity contribution in [3.63, 3.8) is 0 Å². The van der Waals surface area contributed by atoms with Crippen LogP contribution in [-0.4, -0.2) is 42.8 Å². The van der Waals surface area contributed by atoms with E-state index >= 15 is 0 Å². The zero-order valence-corrected chi connectivity index (χ0v) is 13.2. The molecular formula is C13H16N4O2S2. The summed E-state index contributed by atoms with van der Waals surface area (Å²) in [4.78, 5) is 11.9. The molecule has 8 heteroatoms. The lowest BCUT2D eigenvalue weighted by Crippen LogP contribution is -1.98. The highest BCUT2D eigenvalue weighted by Crippen LogP contribution is 2.24. The Morgan fingerprint density at radius 1 is 1.24 bits per heavy atom. The lowest BCUT2D eigenvalue weighted by atomic mass is 10.2. The summed E-state index contributed by atoms with van der Waals surface area (Å²) in [5, 5.41) is 21.2. The van der Waals surface area contributed by atoms with Crippen molar-refractivity contribution in [3.8, 4) is 0 Å². The molecule has 1 aromatic heterocycles. The Kier molecular flexibility index (Phi) is 6.06. The van der Waals surface area contributed by atoms with Crippen molar-refractivity contribution in [2.24, 2.45) is 7.05 Å². The normalized spacial score (nSPS) is 10.7. The number of aryl methyl sites for hydroxylation is 1. The summed E-state index contributed by atoms with van der Waals surface area (Å²) in [6.07, 6.45) is 2.07. The molecule has 21 heavy (non-hydrogen) atoms. The maximum absolute atomic E-state index is 11.1. The fourth-order valence-corrected chi connectivity index (χ4v) is 3.57. The molecule has 1 aromatic carbocycles. The molecule has 2 aromatic rings. The van der Waals surface area contributed by atoms with Gasteiger partial charge in [0.05, 0.1) is 5.56 Å². The van der Waals surface area contributed by atoms with Crippen LogP contribution in [0.4, 0.5) is 0 Å². The molecule has 0 aliphatic rings. The standard InChI is InChI=1S/C13H16N4O2S2/c1-17-13(14-15-16-17)21-9-5-4-8-20-11-7-3-2-6-10(11)12(18)19/h2-3,6-7H,4-5,8-9H2,1H3,(H,18,19). The molecule has 1 heterocycles. The number of aromatic nitrogens is 4. The van der Waals surface area contributed by atoms with E-state index in [0.717, 1.165) is 34.4 Å². The lowest BCUT2D eigenvalue weighted by Gasteiger charge is -2.05. The van der Waals surface area contributed by atoms with E-state index in [0.29, 0.717) is 5.56 Å². The highest BCUT2D eigenvalue weighted by molar-refractivity contribution is 7.99. The number of aromatic carboxylic acids is 1. The van der Waals surface area contributed by atoms with Crippen molar-refractivity contribution < 1.29 is 9.90 Å². The Morgan fingerprint density at radius 2 is 1.95 bits per heavy atom. The number of nitrogens with zero attached hydrogens (tertiary/aromatic N) is 4. The van der Waals surface area contributed by atoms with Crippen LogP contribution in [0.15, 0.2) is 34.3 Å². The molecule has 0 unspecified atom stereocenters. The predicted molar refractivity (Wildman–Crippen MR) is 82.9 cm³/mol. The van der Waals surface area contributed by atoms with Gasteiger partial charge >= 0.3 is 5.97 Å². The maximum Gasteiger partial charge on any atom is 0.336 e. The topological polar surface area (TPSA) is 80.9 Å². The van der Waals surface area contributed by atoms with E-state index < -0.39 is 5.97 Å². The van der Waals surface area contributed by atoms with Crippen LogP contribution in [0.5, 0.6) is 0 Å². The van der Waals surface area contributed by atoms with Crippen LogP contribution < -0.4 is 0 Å². The highest BCUT2D eigenvalue weighted by atomic mass is 32.2. The number of carbonyl (C=O) groups is 1. The first-order chi connectivity index (χ1) is 10.2. The molecule has 1 N–H and O–H groups in total. The van der Waals surface area contributed by atoms with Crippen molar-refractivity contribution in [2.45, 2.75) is 22.9 Å². The molecular weight excluding hydrogens is 308 g/mol. The summed E-state index contributed by atoms with van der Waals surface area (Å²) >= 11 is 3.22. The number of carboxylic acids is 1. The molecule has 0 spiro atoms. The number of tetrazole rings is 1. The van der Waals surface area contributed by atoms with Gasteiger partial charge in [0, 0.05) is 17.7 Å². The van der Waals surface area contributed by atoms with Crippen molar-refractivity contribution in [2.75, 3.05) is 11.5 Å². The lowest BCUT2D eigenvalue weighted by molar-refractivity contribution is 0.0693. The van der Waals surface area contributed by atoms with Crippen LogP contribution in [0.1, 0.15) is 23.2 Å². The zero-order valence-electron chi connectivity index (χ0n) is 11.6. The Labute approximate surface area is 131 Å². The van der Waals surface area contributed by atoms with E-state index in [1.165, 1.54) is 0 Å². The molecule has 2 rings (SSSR count). The second-order valence-electron chi connectivity index (χ2n) is 4.29. The maximum atomic E-state index is 11.1. The Morgan fingerprint density at radius 3 is 2.62 bits per heavy atom. The summed E-state index contributed by atoms with van der Waals surface area (Å²) < 4.78 is 1.66. The van der Waals surface area contributed by atoms with Gasteiger partial charge in [-0.25, -0.2) is 9.48 Å². The molecule has 0 atom stereocenters. The van der Waals surface area contributed by atoms with Gasteiger partial charge in [-0.15, -0.1) is 16.9 Å². The predicted octanol–water partition coefficient (Wildman–Crippen LogP) is 2.57. The second-order valence-corrected chi connectivity index (χ2v) is 6.49. The zero-order chi connectivity index (χ0) is 15.1. The first kappa shape index (κ1) is 15.8. The SMILES string of the molecule is Cn1nnnc1SCCCCSc1ccccc1C(=O)O. The first-order valence-electron chi connectivity index (χ1n) is 6.49. The van der Waals surface area contributed by atoms with Crippen LogP contribution in [-0.2, 0) is 7.05 Å². The average molecular weight is 324 g/mol. The van der Waals surface area contributed by atoms with Gasteiger partial charge in [0.25, 0.3) is 0 Å². The number of hydrogen-bond acceptors (Lipinski definition) is 6.